The predicted octanol–water partition coefficient (Wildman–Crippen LogP) is 4.62. The summed E-state index contributed by atoms with van der Waals surface area (Å²) in [5.41, 5.74) is 5.46. The molecular formula is C34H41NO5. The zero-order valence-corrected chi connectivity index (χ0v) is 23.8. The largest absolute Gasteiger partial charge is 0.384 e. The van der Waals surface area contributed by atoms with E-state index in [-0.39, 0.29) is 36.1 Å². The number of ketones is 2. The third-order valence-electron chi connectivity index (χ3n) is 10.7. The second-order valence-electron chi connectivity index (χ2n) is 12.4. The number of aliphatic hydroxyl groups is 1. The minimum Gasteiger partial charge on any atom is -0.384 e. The van der Waals surface area contributed by atoms with Gasteiger partial charge in [0.2, 0.25) is 0 Å². The standard InChI is InChI=1S/C34H41NO5/c1-33-21-29(23-4-7-25(8-5-23)35-15-18-40-19-16-35)32-27-11-9-26(37)20-24(27)6-10-28(32)30(33)12-14-34(33,13-3-17-36)31(38)22-39-2/h4-5,7-8,20,28-30,36H,6,9-12,14-19,21-22H2,1-2H3/t28-,29+,30-,33-,34+/m0/s1. The van der Waals surface area contributed by atoms with Crippen molar-refractivity contribution >= 4 is 17.3 Å². The van der Waals surface area contributed by atoms with E-state index in [0.717, 1.165) is 58.4 Å². The van der Waals surface area contributed by atoms with Crippen LogP contribution in [0.1, 0.15) is 63.4 Å². The van der Waals surface area contributed by atoms with Crippen LogP contribution in [-0.2, 0) is 19.1 Å². The van der Waals surface area contributed by atoms with E-state index in [1.54, 1.807) is 7.11 Å². The monoisotopic (exact) mass is 543 g/mol. The molecule has 1 aliphatic heterocycles. The number of hydrogen-bond acceptors (Lipinski definition) is 6. The van der Waals surface area contributed by atoms with E-state index in [4.69, 9.17) is 9.47 Å². The highest BCUT2D eigenvalue weighted by Crippen LogP contribution is 2.69. The molecular weight excluding hydrogens is 502 g/mol. The molecule has 1 aromatic carbocycles. The van der Waals surface area contributed by atoms with Crippen LogP contribution in [0, 0.1) is 34.5 Å². The molecule has 6 rings (SSSR count). The third-order valence-corrected chi connectivity index (χ3v) is 10.7. The Hall–Kier alpha value is -2.72. The van der Waals surface area contributed by atoms with Crippen LogP contribution >= 0.6 is 0 Å². The maximum Gasteiger partial charge on any atom is 0.176 e. The van der Waals surface area contributed by atoms with Crippen LogP contribution in [0.4, 0.5) is 5.69 Å². The fraction of sp³-hybridized carbons (Fsp3) is 0.588. The summed E-state index contributed by atoms with van der Waals surface area (Å²) >= 11 is 0. The fourth-order valence-corrected chi connectivity index (χ4v) is 8.90. The van der Waals surface area contributed by atoms with Crippen molar-refractivity contribution < 1.29 is 24.2 Å². The van der Waals surface area contributed by atoms with Gasteiger partial charge >= 0.3 is 0 Å². The van der Waals surface area contributed by atoms with E-state index in [1.807, 2.05) is 6.08 Å². The normalized spacial score (nSPS) is 33.4. The van der Waals surface area contributed by atoms with Crippen LogP contribution in [0.5, 0.6) is 0 Å². The van der Waals surface area contributed by atoms with Gasteiger partial charge in [0, 0.05) is 38.2 Å². The lowest BCUT2D eigenvalue weighted by atomic mass is 9.48. The molecule has 1 saturated heterocycles. The minimum atomic E-state index is -0.836. The van der Waals surface area contributed by atoms with Gasteiger partial charge in [-0.1, -0.05) is 36.5 Å². The van der Waals surface area contributed by atoms with Gasteiger partial charge in [-0.2, -0.15) is 0 Å². The Bertz CT molecular complexity index is 1290. The summed E-state index contributed by atoms with van der Waals surface area (Å²) in [6.45, 7) is 5.37. The molecule has 4 aliphatic carbocycles. The summed E-state index contributed by atoms with van der Waals surface area (Å²) in [7, 11) is 1.57. The Morgan fingerprint density at radius 1 is 1.15 bits per heavy atom. The molecule has 0 aromatic heterocycles. The Balaban J connectivity index is 1.47. The zero-order valence-electron chi connectivity index (χ0n) is 23.8. The molecule has 212 valence electrons. The molecule has 3 fully saturated rings. The number of carbonyl (C=O) groups is 2. The van der Waals surface area contributed by atoms with Crippen molar-refractivity contribution in [3.63, 3.8) is 0 Å². The van der Waals surface area contributed by atoms with Crippen LogP contribution < -0.4 is 4.90 Å². The number of fused-ring (bicyclic) bond motifs is 4. The molecule has 2 saturated carbocycles. The summed E-state index contributed by atoms with van der Waals surface area (Å²) < 4.78 is 10.9. The van der Waals surface area contributed by atoms with Gasteiger partial charge in [0.1, 0.15) is 13.2 Å². The molecule has 0 radical (unpaired) electrons. The first-order chi connectivity index (χ1) is 19.4. The maximum absolute atomic E-state index is 13.8. The van der Waals surface area contributed by atoms with Crippen molar-refractivity contribution in [2.24, 2.45) is 22.7 Å². The van der Waals surface area contributed by atoms with Crippen molar-refractivity contribution in [3.8, 4) is 11.8 Å². The number of methoxy groups -OCH3 is 1. The first-order valence-corrected chi connectivity index (χ1v) is 14.9. The van der Waals surface area contributed by atoms with E-state index < -0.39 is 5.41 Å². The molecule has 1 heterocycles. The Labute approximate surface area is 237 Å². The van der Waals surface area contributed by atoms with Gasteiger partial charge in [-0.3, -0.25) is 9.59 Å². The van der Waals surface area contributed by atoms with Gasteiger partial charge in [0.25, 0.3) is 0 Å². The van der Waals surface area contributed by atoms with E-state index in [1.165, 1.54) is 28.0 Å². The lowest BCUT2D eigenvalue weighted by Crippen LogP contribution is -2.51. The van der Waals surface area contributed by atoms with Crippen LogP contribution in [-0.4, -0.2) is 63.3 Å². The third kappa shape index (κ3) is 4.38. The van der Waals surface area contributed by atoms with Gasteiger partial charge in [0.05, 0.1) is 18.6 Å². The van der Waals surface area contributed by atoms with Crippen molar-refractivity contribution in [2.45, 2.75) is 57.8 Å². The van der Waals surface area contributed by atoms with E-state index >= 15 is 0 Å². The summed E-state index contributed by atoms with van der Waals surface area (Å²) in [4.78, 5) is 28.6. The number of nitrogens with zero attached hydrogens (tertiary/aromatic N) is 1. The van der Waals surface area contributed by atoms with E-state index in [9.17, 15) is 14.7 Å². The summed E-state index contributed by atoms with van der Waals surface area (Å²) in [6.07, 6.45) is 7.69. The number of rotatable bonds is 5. The van der Waals surface area contributed by atoms with Crippen molar-refractivity contribution in [2.75, 3.05) is 51.5 Å². The highest BCUT2D eigenvalue weighted by Gasteiger charge is 2.65. The molecule has 0 amide bonds. The van der Waals surface area contributed by atoms with Crippen LogP contribution in [0.2, 0.25) is 0 Å². The smallest absolute Gasteiger partial charge is 0.176 e. The quantitative estimate of drug-likeness (QED) is 0.547. The predicted molar refractivity (Wildman–Crippen MR) is 154 cm³/mol. The van der Waals surface area contributed by atoms with Gasteiger partial charge < -0.3 is 19.5 Å². The molecule has 1 aromatic rings. The van der Waals surface area contributed by atoms with Crippen molar-refractivity contribution in [1.29, 1.82) is 0 Å². The van der Waals surface area contributed by atoms with E-state index in [0.29, 0.717) is 24.7 Å². The fourth-order valence-electron chi connectivity index (χ4n) is 8.90. The topological polar surface area (TPSA) is 76.1 Å². The number of morpholine rings is 1. The minimum absolute atomic E-state index is 0.0366. The van der Waals surface area contributed by atoms with Crippen LogP contribution in [0.15, 0.2) is 47.1 Å². The first-order valence-electron chi connectivity index (χ1n) is 14.9. The van der Waals surface area contributed by atoms with Gasteiger partial charge in [-0.25, -0.2) is 0 Å². The summed E-state index contributed by atoms with van der Waals surface area (Å²) in [5.74, 6) is 7.36. The summed E-state index contributed by atoms with van der Waals surface area (Å²) in [6, 6.07) is 9.04. The Morgan fingerprint density at radius 3 is 2.65 bits per heavy atom. The molecule has 0 spiro atoms. The van der Waals surface area contributed by atoms with Crippen molar-refractivity contribution in [3.05, 3.63) is 52.6 Å². The molecule has 6 heteroatoms. The molecule has 5 atom stereocenters. The number of benzene rings is 1. The lowest BCUT2D eigenvalue weighted by Gasteiger charge is -2.54. The average Bonchev–Trinajstić information content (AvgIpc) is 3.28. The Morgan fingerprint density at radius 2 is 1.93 bits per heavy atom. The number of ether oxygens (including phenoxy) is 2. The first kappa shape index (κ1) is 27.4. The Kier molecular flexibility index (Phi) is 7.50. The average molecular weight is 544 g/mol. The highest BCUT2D eigenvalue weighted by molar-refractivity contribution is 5.93. The van der Waals surface area contributed by atoms with E-state index in [2.05, 4.69) is 47.9 Å². The SMILES string of the molecule is COCC(=O)[C@@]1(C#CCO)CC[C@H]2[C@@H]3CCC4=CC(=O)CCC4=C3[C@@H](c3ccc(N4CCOCC4)cc3)C[C@@]21C. The molecule has 0 bridgehead atoms. The second kappa shape index (κ2) is 10.9. The molecule has 40 heavy (non-hydrogen) atoms. The van der Waals surface area contributed by atoms with Crippen LogP contribution in [0.3, 0.4) is 0 Å². The van der Waals surface area contributed by atoms with Crippen LogP contribution in [0.25, 0.3) is 0 Å². The molecule has 0 unspecified atom stereocenters. The van der Waals surface area contributed by atoms with Gasteiger partial charge in [-0.05, 0) is 90.7 Å². The molecule has 6 nitrogen and oxygen atoms in total. The lowest BCUT2D eigenvalue weighted by molar-refractivity contribution is -0.136. The zero-order chi connectivity index (χ0) is 27.9. The maximum atomic E-state index is 13.8. The summed E-state index contributed by atoms with van der Waals surface area (Å²) in [5, 5.41) is 9.67. The molecule has 5 aliphatic rings. The number of hydrogen-bond donors (Lipinski definition) is 1. The van der Waals surface area contributed by atoms with Crippen molar-refractivity contribution in [1.82, 2.24) is 0 Å². The van der Waals surface area contributed by atoms with Gasteiger partial charge in [-0.15, -0.1) is 0 Å². The number of anilines is 1. The highest BCUT2D eigenvalue weighted by atomic mass is 16.5. The second-order valence-corrected chi connectivity index (χ2v) is 12.4. The number of carbonyl (C=O) groups excluding carboxylic acids is 2. The number of allylic oxidation sites excluding steroid dienone is 4. The number of Topliss-reactive ketones (excluding diaryl/α,β-unsaturated/α-hetero) is 1. The van der Waals surface area contributed by atoms with Gasteiger partial charge in [0.15, 0.2) is 11.6 Å². The number of aliphatic hydroxyl groups excluding tert-OH is 1. The molecule has 1 N–H and O–H groups in total.